The molecule has 0 heterocycles. The third kappa shape index (κ3) is 3.60. The van der Waals surface area contributed by atoms with E-state index in [-0.39, 0.29) is 5.41 Å². The Hall–Kier alpha value is -0.590. The second-order valence-electron chi connectivity index (χ2n) is 7.28. The molecule has 0 aromatic rings. The van der Waals surface area contributed by atoms with Crippen molar-refractivity contribution >= 4 is 5.78 Å². The molecule has 0 bridgehead atoms. The highest BCUT2D eigenvalue weighted by Crippen LogP contribution is 2.58. The maximum atomic E-state index is 12.8. The van der Waals surface area contributed by atoms with Crippen molar-refractivity contribution in [3.8, 4) is 0 Å². The molecule has 0 N–H and O–H groups in total. The second kappa shape index (κ2) is 8.15. The van der Waals surface area contributed by atoms with Crippen LogP contribution in [-0.2, 0) is 4.79 Å². The molecule has 2 rings (SSSR count). The number of carbonyl (C=O) groups excluding carboxylic acids is 1. The minimum absolute atomic E-state index is 0.0674. The Morgan fingerprint density at radius 2 is 1.76 bits per heavy atom. The van der Waals surface area contributed by atoms with E-state index in [1.165, 1.54) is 51.4 Å². The van der Waals surface area contributed by atoms with Crippen molar-refractivity contribution in [2.45, 2.75) is 90.9 Å². The molecule has 2 aliphatic carbocycles. The molecular formula is C20H34O. The summed E-state index contributed by atoms with van der Waals surface area (Å²) in [4.78, 5) is 12.8. The Morgan fingerprint density at radius 3 is 2.48 bits per heavy atom. The van der Waals surface area contributed by atoms with E-state index in [0.717, 1.165) is 25.7 Å². The van der Waals surface area contributed by atoms with Gasteiger partial charge in [0.1, 0.15) is 5.78 Å². The van der Waals surface area contributed by atoms with Crippen molar-refractivity contribution in [3.05, 3.63) is 12.2 Å². The summed E-state index contributed by atoms with van der Waals surface area (Å²) >= 11 is 0. The van der Waals surface area contributed by atoms with Gasteiger partial charge in [0.15, 0.2) is 0 Å². The molecule has 1 saturated carbocycles. The van der Waals surface area contributed by atoms with Crippen LogP contribution in [0.25, 0.3) is 0 Å². The highest BCUT2D eigenvalue weighted by Gasteiger charge is 2.59. The minimum atomic E-state index is 0.0674. The number of unbranched alkanes of at least 4 members (excludes halogenated alkanes) is 6. The summed E-state index contributed by atoms with van der Waals surface area (Å²) in [6.07, 6.45) is 19.6. The predicted octanol–water partition coefficient (Wildman–Crippen LogP) is 6.08. The van der Waals surface area contributed by atoms with E-state index in [1.54, 1.807) is 0 Å². The van der Waals surface area contributed by atoms with E-state index in [9.17, 15) is 4.79 Å². The molecule has 0 radical (unpaired) electrons. The normalized spacial score (nSPS) is 31.0. The Bertz CT molecular complexity index is 357. The third-order valence-corrected chi connectivity index (χ3v) is 5.84. The molecular weight excluding hydrogens is 256 g/mol. The van der Waals surface area contributed by atoms with Crippen LogP contribution in [0.3, 0.4) is 0 Å². The monoisotopic (exact) mass is 290 g/mol. The van der Waals surface area contributed by atoms with E-state index in [4.69, 9.17) is 0 Å². The predicted molar refractivity (Wildman–Crippen MR) is 90.3 cm³/mol. The SMILES string of the molecule is CCCCCCC1C(=O)C2(CCCCCC)CCC=CC12. The quantitative estimate of drug-likeness (QED) is 0.352. The number of allylic oxidation sites excluding steroid dienone is 2. The van der Waals surface area contributed by atoms with Crippen molar-refractivity contribution < 1.29 is 4.79 Å². The van der Waals surface area contributed by atoms with Gasteiger partial charge in [-0.05, 0) is 31.6 Å². The van der Waals surface area contributed by atoms with E-state index in [1.807, 2.05) is 0 Å². The zero-order valence-electron chi connectivity index (χ0n) is 14.2. The molecule has 0 amide bonds. The van der Waals surface area contributed by atoms with Gasteiger partial charge in [0.05, 0.1) is 0 Å². The van der Waals surface area contributed by atoms with Gasteiger partial charge < -0.3 is 0 Å². The number of hydrogen-bond donors (Lipinski definition) is 0. The maximum absolute atomic E-state index is 12.8. The first-order chi connectivity index (χ1) is 10.3. The zero-order chi connectivity index (χ0) is 15.1. The average molecular weight is 290 g/mol. The first-order valence-electron chi connectivity index (χ1n) is 9.47. The van der Waals surface area contributed by atoms with Gasteiger partial charge in [-0.25, -0.2) is 0 Å². The molecule has 3 atom stereocenters. The minimum Gasteiger partial charge on any atom is -0.299 e. The van der Waals surface area contributed by atoms with Crippen molar-refractivity contribution in [1.82, 2.24) is 0 Å². The lowest BCUT2D eigenvalue weighted by molar-refractivity contribution is -0.157. The van der Waals surface area contributed by atoms with Gasteiger partial charge in [-0.1, -0.05) is 77.4 Å². The molecule has 0 aliphatic heterocycles. The number of rotatable bonds is 10. The second-order valence-corrected chi connectivity index (χ2v) is 7.28. The molecule has 1 nitrogen and oxygen atoms in total. The van der Waals surface area contributed by atoms with Crippen molar-refractivity contribution in [2.24, 2.45) is 17.3 Å². The number of carbonyl (C=O) groups is 1. The van der Waals surface area contributed by atoms with Crippen LogP contribution < -0.4 is 0 Å². The molecule has 0 aromatic heterocycles. The van der Waals surface area contributed by atoms with Crippen LogP contribution in [0, 0.1) is 17.3 Å². The Morgan fingerprint density at radius 1 is 1.05 bits per heavy atom. The van der Waals surface area contributed by atoms with Crippen LogP contribution in [0.1, 0.15) is 90.9 Å². The number of Topliss-reactive ketones (excluding diaryl/α,β-unsaturated/α-hetero) is 1. The maximum Gasteiger partial charge on any atom is 0.143 e. The van der Waals surface area contributed by atoms with Gasteiger partial charge in [0.2, 0.25) is 0 Å². The van der Waals surface area contributed by atoms with Crippen LogP contribution in [0.5, 0.6) is 0 Å². The van der Waals surface area contributed by atoms with Crippen molar-refractivity contribution in [3.63, 3.8) is 0 Å². The number of hydrogen-bond acceptors (Lipinski definition) is 1. The van der Waals surface area contributed by atoms with Gasteiger partial charge in [-0.15, -0.1) is 0 Å². The van der Waals surface area contributed by atoms with E-state index < -0.39 is 0 Å². The zero-order valence-corrected chi connectivity index (χ0v) is 14.2. The summed E-state index contributed by atoms with van der Waals surface area (Å²) in [6.45, 7) is 4.50. The lowest BCUT2D eigenvalue weighted by atomic mass is 9.47. The lowest BCUT2D eigenvalue weighted by Gasteiger charge is -2.54. The summed E-state index contributed by atoms with van der Waals surface area (Å²) in [7, 11) is 0. The lowest BCUT2D eigenvalue weighted by Crippen LogP contribution is -2.57. The van der Waals surface area contributed by atoms with Crippen LogP contribution in [0.2, 0.25) is 0 Å². The molecule has 0 aromatic carbocycles. The van der Waals surface area contributed by atoms with Crippen LogP contribution in [0.4, 0.5) is 0 Å². The van der Waals surface area contributed by atoms with Crippen LogP contribution in [0.15, 0.2) is 12.2 Å². The Labute approximate surface area is 131 Å². The first-order valence-corrected chi connectivity index (χ1v) is 9.47. The summed E-state index contributed by atoms with van der Waals surface area (Å²) in [5, 5.41) is 0. The molecule has 3 unspecified atom stereocenters. The van der Waals surface area contributed by atoms with E-state index in [2.05, 4.69) is 26.0 Å². The summed E-state index contributed by atoms with van der Waals surface area (Å²) < 4.78 is 0. The molecule has 1 fully saturated rings. The van der Waals surface area contributed by atoms with Crippen LogP contribution >= 0.6 is 0 Å². The first kappa shape index (κ1) is 16.8. The molecule has 1 heteroatoms. The molecule has 0 spiro atoms. The number of fused-ring (bicyclic) bond motifs is 1. The number of ketones is 1. The van der Waals surface area contributed by atoms with Gasteiger partial charge in [-0.2, -0.15) is 0 Å². The smallest absolute Gasteiger partial charge is 0.143 e. The molecule has 21 heavy (non-hydrogen) atoms. The van der Waals surface area contributed by atoms with Crippen molar-refractivity contribution in [1.29, 1.82) is 0 Å². The Kier molecular flexibility index (Phi) is 6.51. The average Bonchev–Trinajstić information content (AvgIpc) is 2.51. The fraction of sp³-hybridized carbons (Fsp3) is 0.850. The summed E-state index contributed by atoms with van der Waals surface area (Å²) in [5.41, 5.74) is 0.0674. The fourth-order valence-electron chi connectivity index (χ4n) is 4.56. The standard InChI is InChI=1S/C20H34O/c1-3-5-7-9-13-17-18-14-10-12-16-20(18,19(17)21)15-11-8-6-4-2/h10,14,17-18H,3-9,11-13,15-16H2,1-2H3. The van der Waals surface area contributed by atoms with Gasteiger partial charge >= 0.3 is 0 Å². The fourth-order valence-corrected chi connectivity index (χ4v) is 4.56. The van der Waals surface area contributed by atoms with Gasteiger partial charge in [0.25, 0.3) is 0 Å². The highest BCUT2D eigenvalue weighted by molar-refractivity contribution is 5.94. The molecule has 0 saturated heterocycles. The van der Waals surface area contributed by atoms with Crippen molar-refractivity contribution in [2.75, 3.05) is 0 Å². The van der Waals surface area contributed by atoms with Gasteiger partial charge in [-0.3, -0.25) is 4.79 Å². The largest absolute Gasteiger partial charge is 0.299 e. The van der Waals surface area contributed by atoms with E-state index in [0.29, 0.717) is 17.6 Å². The molecule has 2 aliphatic rings. The van der Waals surface area contributed by atoms with E-state index >= 15 is 0 Å². The summed E-state index contributed by atoms with van der Waals surface area (Å²) in [5.74, 6) is 1.58. The highest BCUT2D eigenvalue weighted by atomic mass is 16.1. The summed E-state index contributed by atoms with van der Waals surface area (Å²) in [6, 6.07) is 0. The third-order valence-electron chi connectivity index (χ3n) is 5.84. The van der Waals surface area contributed by atoms with Crippen LogP contribution in [-0.4, -0.2) is 5.78 Å². The molecule has 120 valence electrons. The van der Waals surface area contributed by atoms with Gasteiger partial charge in [0, 0.05) is 11.3 Å². The Balaban J connectivity index is 1.86. The topological polar surface area (TPSA) is 17.1 Å².